The van der Waals surface area contributed by atoms with E-state index in [4.69, 9.17) is 4.74 Å². The fourth-order valence-electron chi connectivity index (χ4n) is 3.14. The van der Waals surface area contributed by atoms with Crippen LogP contribution in [0.3, 0.4) is 0 Å². The molecule has 1 unspecified atom stereocenters. The molecular weight excluding hydrogens is 363 g/mol. The zero-order valence-corrected chi connectivity index (χ0v) is 15.5. The number of amides is 1. The first-order chi connectivity index (χ1) is 13.6. The molecule has 1 N–H and O–H groups in total. The van der Waals surface area contributed by atoms with Gasteiger partial charge in [-0.1, -0.05) is 12.1 Å². The molecule has 146 valence electrons. The standard InChI is InChI=1S/C19H21FN6O2/c1-13(28-15-7-3-2-6-14(15)20)19(27)21-12-18-23-22-16-8-9-17(24-26(16)18)25-10-4-5-11-25/h2-3,6-9,13H,4-5,10-12H2,1H3,(H,21,27). The number of carbonyl (C=O) groups is 1. The first-order valence-corrected chi connectivity index (χ1v) is 9.27. The number of ether oxygens (including phenoxy) is 1. The largest absolute Gasteiger partial charge is 0.478 e. The number of benzene rings is 1. The lowest BCUT2D eigenvalue weighted by Crippen LogP contribution is -2.36. The predicted molar refractivity (Wildman–Crippen MR) is 101 cm³/mol. The Morgan fingerprint density at radius 1 is 1.21 bits per heavy atom. The van der Waals surface area contributed by atoms with E-state index >= 15 is 0 Å². The molecule has 1 amide bonds. The number of nitrogens with zero attached hydrogens (tertiary/aromatic N) is 5. The van der Waals surface area contributed by atoms with Crippen molar-refractivity contribution in [1.29, 1.82) is 0 Å². The molecule has 4 rings (SSSR count). The van der Waals surface area contributed by atoms with Crippen LogP contribution in [-0.2, 0) is 11.3 Å². The molecule has 0 spiro atoms. The number of hydrogen-bond donors (Lipinski definition) is 1. The van der Waals surface area contributed by atoms with Crippen LogP contribution < -0.4 is 15.0 Å². The van der Waals surface area contributed by atoms with Gasteiger partial charge in [0, 0.05) is 13.1 Å². The zero-order valence-electron chi connectivity index (χ0n) is 15.5. The molecule has 1 aliphatic heterocycles. The van der Waals surface area contributed by atoms with Crippen molar-refractivity contribution in [3.63, 3.8) is 0 Å². The van der Waals surface area contributed by atoms with Gasteiger partial charge in [0.2, 0.25) is 0 Å². The van der Waals surface area contributed by atoms with E-state index in [9.17, 15) is 9.18 Å². The van der Waals surface area contributed by atoms with Crippen molar-refractivity contribution >= 4 is 17.4 Å². The number of fused-ring (bicyclic) bond motifs is 1. The Kier molecular flexibility index (Phi) is 5.05. The summed E-state index contributed by atoms with van der Waals surface area (Å²) in [6.45, 7) is 3.67. The maximum Gasteiger partial charge on any atom is 0.261 e. The molecule has 0 bridgehead atoms. The lowest BCUT2D eigenvalue weighted by molar-refractivity contribution is -0.127. The van der Waals surface area contributed by atoms with Crippen LogP contribution in [0.2, 0.25) is 0 Å². The van der Waals surface area contributed by atoms with Gasteiger partial charge in [0.15, 0.2) is 29.1 Å². The second kappa shape index (κ2) is 7.79. The normalized spacial score (nSPS) is 15.0. The van der Waals surface area contributed by atoms with Gasteiger partial charge in [-0.25, -0.2) is 4.39 Å². The molecule has 3 aromatic rings. The van der Waals surface area contributed by atoms with Crippen LogP contribution in [-0.4, -0.2) is 44.9 Å². The Bertz CT molecular complexity index is 985. The van der Waals surface area contributed by atoms with Gasteiger partial charge in [0.25, 0.3) is 5.91 Å². The Morgan fingerprint density at radius 2 is 2.00 bits per heavy atom. The fraction of sp³-hybridized carbons (Fsp3) is 0.368. The van der Waals surface area contributed by atoms with Crippen molar-refractivity contribution in [1.82, 2.24) is 25.1 Å². The number of carbonyl (C=O) groups excluding carboxylic acids is 1. The van der Waals surface area contributed by atoms with E-state index in [1.54, 1.807) is 23.6 Å². The monoisotopic (exact) mass is 384 g/mol. The maximum atomic E-state index is 13.7. The zero-order chi connectivity index (χ0) is 19.5. The first-order valence-electron chi connectivity index (χ1n) is 9.27. The van der Waals surface area contributed by atoms with Gasteiger partial charge in [0.05, 0.1) is 6.54 Å². The summed E-state index contributed by atoms with van der Waals surface area (Å²) in [5, 5.41) is 15.5. The van der Waals surface area contributed by atoms with Gasteiger partial charge in [-0.05, 0) is 44.0 Å². The van der Waals surface area contributed by atoms with Gasteiger partial charge < -0.3 is 15.0 Å². The average molecular weight is 384 g/mol. The Labute approximate surface area is 161 Å². The highest BCUT2D eigenvalue weighted by Crippen LogP contribution is 2.18. The highest BCUT2D eigenvalue weighted by molar-refractivity contribution is 5.80. The number of para-hydroxylation sites is 1. The van der Waals surface area contributed by atoms with E-state index in [1.807, 2.05) is 12.1 Å². The van der Waals surface area contributed by atoms with Gasteiger partial charge in [0.1, 0.15) is 5.82 Å². The van der Waals surface area contributed by atoms with Crippen LogP contribution in [0.15, 0.2) is 36.4 Å². The molecule has 28 heavy (non-hydrogen) atoms. The van der Waals surface area contributed by atoms with E-state index in [2.05, 4.69) is 25.5 Å². The highest BCUT2D eigenvalue weighted by Gasteiger charge is 2.19. The molecular formula is C19H21FN6O2. The second-order valence-corrected chi connectivity index (χ2v) is 6.68. The van der Waals surface area contributed by atoms with Gasteiger partial charge in [-0.2, -0.15) is 4.52 Å². The Balaban J connectivity index is 1.42. The Morgan fingerprint density at radius 3 is 2.79 bits per heavy atom. The van der Waals surface area contributed by atoms with Crippen molar-refractivity contribution < 1.29 is 13.9 Å². The van der Waals surface area contributed by atoms with Crippen LogP contribution in [0, 0.1) is 5.82 Å². The Hall–Kier alpha value is -3.23. The third kappa shape index (κ3) is 3.73. The SMILES string of the molecule is CC(Oc1ccccc1F)C(=O)NCc1nnc2ccc(N3CCCC3)nn12. The van der Waals surface area contributed by atoms with Crippen LogP contribution >= 0.6 is 0 Å². The summed E-state index contributed by atoms with van der Waals surface area (Å²) in [5.41, 5.74) is 0.614. The van der Waals surface area contributed by atoms with Crippen LogP contribution in [0.4, 0.5) is 10.2 Å². The molecule has 1 saturated heterocycles. The van der Waals surface area contributed by atoms with E-state index in [-0.39, 0.29) is 18.2 Å². The highest BCUT2D eigenvalue weighted by atomic mass is 19.1. The molecule has 0 radical (unpaired) electrons. The van der Waals surface area contributed by atoms with E-state index in [1.165, 1.54) is 12.1 Å². The minimum Gasteiger partial charge on any atom is -0.478 e. The van der Waals surface area contributed by atoms with Gasteiger partial charge >= 0.3 is 0 Å². The summed E-state index contributed by atoms with van der Waals surface area (Å²) in [6.07, 6.45) is 1.46. The molecule has 1 aromatic carbocycles. The minimum absolute atomic E-state index is 0.0370. The fourth-order valence-corrected chi connectivity index (χ4v) is 3.14. The molecule has 0 aliphatic carbocycles. The third-order valence-electron chi connectivity index (χ3n) is 4.67. The minimum atomic E-state index is -0.857. The second-order valence-electron chi connectivity index (χ2n) is 6.68. The van der Waals surface area contributed by atoms with E-state index in [0.717, 1.165) is 31.7 Å². The summed E-state index contributed by atoms with van der Waals surface area (Å²) < 4.78 is 20.7. The lowest BCUT2D eigenvalue weighted by atomic mass is 10.3. The average Bonchev–Trinajstić information content (AvgIpc) is 3.37. The number of halogens is 1. The topological polar surface area (TPSA) is 84.6 Å². The van der Waals surface area contributed by atoms with Crippen molar-refractivity contribution in [2.75, 3.05) is 18.0 Å². The van der Waals surface area contributed by atoms with Gasteiger partial charge in [-0.3, -0.25) is 4.79 Å². The van der Waals surface area contributed by atoms with Crippen LogP contribution in [0.25, 0.3) is 5.65 Å². The number of hydrogen-bond acceptors (Lipinski definition) is 6. The summed E-state index contributed by atoms with van der Waals surface area (Å²) in [6, 6.07) is 9.77. The predicted octanol–water partition coefficient (Wildman–Crippen LogP) is 1.95. The third-order valence-corrected chi connectivity index (χ3v) is 4.67. The summed E-state index contributed by atoms with van der Waals surface area (Å²) in [4.78, 5) is 14.5. The van der Waals surface area contributed by atoms with Crippen molar-refractivity contribution in [2.24, 2.45) is 0 Å². The first kappa shape index (κ1) is 18.1. The number of aromatic nitrogens is 4. The molecule has 1 atom stereocenters. The smallest absolute Gasteiger partial charge is 0.261 e. The number of rotatable bonds is 6. The van der Waals surface area contributed by atoms with E-state index in [0.29, 0.717) is 11.5 Å². The summed E-state index contributed by atoms with van der Waals surface area (Å²) >= 11 is 0. The molecule has 1 fully saturated rings. The number of nitrogens with one attached hydrogen (secondary N) is 1. The van der Waals surface area contributed by atoms with Crippen molar-refractivity contribution in [2.45, 2.75) is 32.4 Å². The van der Waals surface area contributed by atoms with E-state index < -0.39 is 11.9 Å². The molecule has 1 aliphatic rings. The van der Waals surface area contributed by atoms with Crippen molar-refractivity contribution in [3.8, 4) is 5.75 Å². The molecule has 8 nitrogen and oxygen atoms in total. The van der Waals surface area contributed by atoms with Crippen LogP contribution in [0.1, 0.15) is 25.6 Å². The summed E-state index contributed by atoms with van der Waals surface area (Å²) in [7, 11) is 0. The maximum absolute atomic E-state index is 13.7. The molecule has 2 aromatic heterocycles. The molecule has 9 heteroatoms. The van der Waals surface area contributed by atoms with Crippen LogP contribution in [0.5, 0.6) is 5.75 Å². The number of anilines is 1. The quantitative estimate of drug-likeness (QED) is 0.699. The molecule has 3 heterocycles. The lowest BCUT2D eigenvalue weighted by Gasteiger charge is -2.16. The van der Waals surface area contributed by atoms with Gasteiger partial charge in [-0.15, -0.1) is 15.3 Å². The molecule has 0 saturated carbocycles. The van der Waals surface area contributed by atoms with Crippen molar-refractivity contribution in [3.05, 3.63) is 48.0 Å². The summed E-state index contributed by atoms with van der Waals surface area (Å²) in [5.74, 6) is 0.533.